The first-order valence-corrected chi connectivity index (χ1v) is 7.24. The van der Waals surface area contributed by atoms with Crippen molar-refractivity contribution >= 4 is 27.3 Å². The lowest BCUT2D eigenvalue weighted by atomic mass is 9.70. The summed E-state index contributed by atoms with van der Waals surface area (Å²) in [6.07, 6.45) is 4.19. The van der Waals surface area contributed by atoms with Crippen molar-refractivity contribution in [3.05, 3.63) is 20.8 Å². The van der Waals surface area contributed by atoms with Crippen molar-refractivity contribution in [2.45, 2.75) is 39.2 Å². The molecule has 84 valence electrons. The van der Waals surface area contributed by atoms with Crippen molar-refractivity contribution in [2.75, 3.05) is 6.54 Å². The predicted octanol–water partition coefficient (Wildman–Crippen LogP) is 4.35. The first kappa shape index (κ1) is 11.6. The van der Waals surface area contributed by atoms with Gasteiger partial charge >= 0.3 is 0 Å². The van der Waals surface area contributed by atoms with Crippen LogP contribution in [0.5, 0.6) is 0 Å². The number of thiophene rings is 1. The Morgan fingerprint density at radius 3 is 2.80 bits per heavy atom. The van der Waals surface area contributed by atoms with Crippen LogP contribution in [0, 0.1) is 5.41 Å². The summed E-state index contributed by atoms with van der Waals surface area (Å²) in [5.74, 6) is 0. The molecule has 1 unspecified atom stereocenters. The van der Waals surface area contributed by atoms with Crippen molar-refractivity contribution in [2.24, 2.45) is 5.41 Å². The fraction of sp³-hybridized carbons (Fsp3) is 0.667. The predicted molar refractivity (Wildman–Crippen MR) is 70.4 cm³/mol. The monoisotopic (exact) mass is 287 g/mol. The van der Waals surface area contributed by atoms with Gasteiger partial charge in [-0.1, -0.05) is 13.3 Å². The Morgan fingerprint density at radius 2 is 2.33 bits per heavy atom. The van der Waals surface area contributed by atoms with Crippen LogP contribution in [0.2, 0.25) is 0 Å². The van der Waals surface area contributed by atoms with E-state index in [4.69, 9.17) is 0 Å². The number of hydrogen-bond donors (Lipinski definition) is 1. The van der Waals surface area contributed by atoms with Crippen LogP contribution < -0.4 is 5.32 Å². The normalized spacial score (nSPS) is 21.0. The van der Waals surface area contributed by atoms with Crippen molar-refractivity contribution in [1.29, 1.82) is 0 Å². The molecule has 0 aliphatic heterocycles. The molecule has 1 nitrogen and oxygen atoms in total. The molecule has 1 N–H and O–H groups in total. The summed E-state index contributed by atoms with van der Waals surface area (Å²) in [5, 5.41) is 5.79. The van der Waals surface area contributed by atoms with Gasteiger partial charge in [0, 0.05) is 21.9 Å². The van der Waals surface area contributed by atoms with Crippen LogP contribution in [0.4, 0.5) is 0 Å². The van der Waals surface area contributed by atoms with Crippen molar-refractivity contribution in [3.8, 4) is 0 Å². The summed E-state index contributed by atoms with van der Waals surface area (Å²) in [7, 11) is 0. The van der Waals surface area contributed by atoms with Gasteiger partial charge < -0.3 is 5.32 Å². The lowest BCUT2D eigenvalue weighted by molar-refractivity contribution is 0.152. The van der Waals surface area contributed by atoms with E-state index in [1.807, 2.05) is 11.3 Å². The van der Waals surface area contributed by atoms with E-state index in [9.17, 15) is 0 Å². The zero-order chi connectivity index (χ0) is 10.9. The van der Waals surface area contributed by atoms with Gasteiger partial charge in [0.15, 0.2) is 0 Å². The van der Waals surface area contributed by atoms with E-state index in [2.05, 4.69) is 46.5 Å². The molecule has 1 aliphatic rings. The Labute approximate surface area is 104 Å². The van der Waals surface area contributed by atoms with Crippen LogP contribution in [0.15, 0.2) is 15.9 Å². The summed E-state index contributed by atoms with van der Waals surface area (Å²) >= 11 is 5.41. The van der Waals surface area contributed by atoms with Gasteiger partial charge in [0.2, 0.25) is 0 Å². The fourth-order valence-corrected chi connectivity index (χ4v) is 3.81. The highest BCUT2D eigenvalue weighted by molar-refractivity contribution is 9.10. The van der Waals surface area contributed by atoms with Crippen LogP contribution in [-0.4, -0.2) is 6.54 Å². The molecule has 2 rings (SSSR count). The summed E-state index contributed by atoms with van der Waals surface area (Å²) in [6.45, 7) is 5.79. The summed E-state index contributed by atoms with van der Waals surface area (Å²) in [4.78, 5) is 1.41. The first-order valence-electron chi connectivity index (χ1n) is 5.57. The third-order valence-corrected chi connectivity index (χ3v) is 5.49. The zero-order valence-electron chi connectivity index (χ0n) is 9.35. The number of nitrogens with one attached hydrogen (secondary N) is 1. The molecule has 1 aromatic rings. The molecular weight excluding hydrogens is 270 g/mol. The second-order valence-electron chi connectivity index (χ2n) is 4.90. The molecule has 1 fully saturated rings. The van der Waals surface area contributed by atoms with E-state index in [0.717, 1.165) is 6.54 Å². The van der Waals surface area contributed by atoms with Crippen LogP contribution in [0.1, 0.15) is 44.0 Å². The third kappa shape index (κ3) is 2.63. The minimum Gasteiger partial charge on any atom is -0.309 e. The molecule has 0 saturated heterocycles. The van der Waals surface area contributed by atoms with Gasteiger partial charge in [-0.2, -0.15) is 0 Å². The molecular formula is C12H18BrNS. The molecule has 1 saturated carbocycles. The van der Waals surface area contributed by atoms with Gasteiger partial charge in [-0.3, -0.25) is 0 Å². The lowest BCUT2D eigenvalue weighted by Crippen LogP contribution is -2.38. The van der Waals surface area contributed by atoms with Crippen LogP contribution in [-0.2, 0) is 0 Å². The summed E-state index contributed by atoms with van der Waals surface area (Å²) in [5.41, 5.74) is 0.567. The summed E-state index contributed by atoms with van der Waals surface area (Å²) < 4.78 is 1.24. The standard InChI is InChI=1S/C12H18BrNS/c1-9(11-10(13)4-7-15-11)14-8-12(2)5-3-6-12/h4,7,9,14H,3,5-6,8H2,1-2H3. The van der Waals surface area contributed by atoms with E-state index in [0.29, 0.717) is 11.5 Å². The van der Waals surface area contributed by atoms with Crippen LogP contribution >= 0.6 is 27.3 Å². The van der Waals surface area contributed by atoms with Gasteiger partial charge in [0.1, 0.15) is 0 Å². The van der Waals surface area contributed by atoms with Gasteiger partial charge in [-0.25, -0.2) is 0 Å². The molecule has 15 heavy (non-hydrogen) atoms. The molecule has 0 bridgehead atoms. The van der Waals surface area contributed by atoms with Gasteiger partial charge in [-0.15, -0.1) is 11.3 Å². The van der Waals surface area contributed by atoms with Crippen LogP contribution in [0.25, 0.3) is 0 Å². The largest absolute Gasteiger partial charge is 0.309 e. The van der Waals surface area contributed by atoms with E-state index in [1.54, 1.807) is 0 Å². The Kier molecular flexibility index (Phi) is 3.53. The first-order chi connectivity index (χ1) is 7.11. The van der Waals surface area contributed by atoms with E-state index >= 15 is 0 Å². The topological polar surface area (TPSA) is 12.0 Å². The average Bonchev–Trinajstić information content (AvgIpc) is 2.58. The average molecular weight is 288 g/mol. The molecule has 1 aromatic heterocycles. The Hall–Kier alpha value is 0.140. The number of halogens is 1. The fourth-order valence-electron chi connectivity index (χ4n) is 2.06. The molecule has 0 spiro atoms. The Morgan fingerprint density at radius 1 is 1.60 bits per heavy atom. The van der Waals surface area contributed by atoms with E-state index in [1.165, 1.54) is 28.6 Å². The highest BCUT2D eigenvalue weighted by Crippen LogP contribution is 2.40. The zero-order valence-corrected chi connectivity index (χ0v) is 11.7. The Bertz CT molecular complexity index is 330. The molecule has 0 aromatic carbocycles. The molecule has 0 radical (unpaired) electrons. The van der Waals surface area contributed by atoms with Gasteiger partial charge in [-0.05, 0) is 52.6 Å². The number of hydrogen-bond acceptors (Lipinski definition) is 2. The third-order valence-electron chi connectivity index (χ3n) is 3.43. The smallest absolute Gasteiger partial charge is 0.0397 e. The highest BCUT2D eigenvalue weighted by Gasteiger charge is 2.31. The van der Waals surface area contributed by atoms with Crippen LogP contribution in [0.3, 0.4) is 0 Å². The van der Waals surface area contributed by atoms with E-state index < -0.39 is 0 Å². The highest BCUT2D eigenvalue weighted by atomic mass is 79.9. The molecule has 1 aliphatic carbocycles. The molecule has 1 atom stereocenters. The van der Waals surface area contributed by atoms with E-state index in [-0.39, 0.29) is 0 Å². The maximum absolute atomic E-state index is 3.65. The second-order valence-corrected chi connectivity index (χ2v) is 6.70. The van der Waals surface area contributed by atoms with Gasteiger partial charge in [0.05, 0.1) is 0 Å². The minimum absolute atomic E-state index is 0.469. The maximum atomic E-state index is 3.65. The maximum Gasteiger partial charge on any atom is 0.0397 e. The Balaban J connectivity index is 1.87. The lowest BCUT2D eigenvalue weighted by Gasteiger charge is -2.39. The van der Waals surface area contributed by atoms with Gasteiger partial charge in [0.25, 0.3) is 0 Å². The molecule has 1 heterocycles. The minimum atomic E-state index is 0.469. The van der Waals surface area contributed by atoms with Crippen molar-refractivity contribution < 1.29 is 0 Å². The quantitative estimate of drug-likeness (QED) is 0.868. The molecule has 3 heteroatoms. The molecule has 0 amide bonds. The van der Waals surface area contributed by atoms with Crippen molar-refractivity contribution in [1.82, 2.24) is 5.32 Å². The van der Waals surface area contributed by atoms with Crippen molar-refractivity contribution in [3.63, 3.8) is 0 Å². The summed E-state index contributed by atoms with van der Waals surface area (Å²) in [6, 6.07) is 2.60. The SMILES string of the molecule is CC(NCC1(C)CCC1)c1sccc1Br. The number of rotatable bonds is 4. The second kappa shape index (κ2) is 4.56.